The van der Waals surface area contributed by atoms with Crippen molar-refractivity contribution in [2.24, 2.45) is 5.10 Å². The van der Waals surface area contributed by atoms with Crippen molar-refractivity contribution < 1.29 is 28.9 Å². The largest absolute Gasteiger partial charge is 0.493 e. The topological polar surface area (TPSA) is 106 Å². The molecule has 1 amide bonds. The van der Waals surface area contributed by atoms with Crippen molar-refractivity contribution >= 4 is 18.1 Å². The third-order valence-corrected chi connectivity index (χ3v) is 3.46. The van der Waals surface area contributed by atoms with Gasteiger partial charge in [-0.15, -0.1) is 0 Å². The normalized spacial score (nSPS) is 10.4. The summed E-state index contributed by atoms with van der Waals surface area (Å²) in [6.07, 6.45) is 1.40. The van der Waals surface area contributed by atoms with Crippen LogP contribution in [0.15, 0.2) is 41.5 Å². The minimum atomic E-state index is -1.01. The SMILES string of the molecule is COc1cc(C(=O)NN=Cc2ccc(C(=O)O)cc2)cc(OC)c1OC. The first kappa shape index (κ1) is 18.8. The number of carbonyl (C=O) groups is 2. The molecule has 8 nitrogen and oxygen atoms in total. The molecule has 0 radical (unpaired) electrons. The number of nitrogens with one attached hydrogen (secondary N) is 1. The second kappa shape index (κ2) is 8.52. The highest BCUT2D eigenvalue weighted by Gasteiger charge is 2.16. The summed E-state index contributed by atoms with van der Waals surface area (Å²) in [6, 6.07) is 9.08. The minimum Gasteiger partial charge on any atom is -0.493 e. The standard InChI is InChI=1S/C18H18N2O6/c1-24-14-8-13(9-15(25-2)16(14)26-3)17(21)20-19-10-11-4-6-12(7-5-11)18(22)23/h4-10H,1-3H3,(H,20,21)(H,22,23). The third-order valence-electron chi connectivity index (χ3n) is 3.46. The first-order valence-corrected chi connectivity index (χ1v) is 7.47. The second-order valence-electron chi connectivity index (χ2n) is 5.04. The molecule has 0 spiro atoms. The number of benzene rings is 2. The van der Waals surface area contributed by atoms with Crippen LogP contribution in [0.1, 0.15) is 26.3 Å². The Morgan fingerprint density at radius 1 is 0.962 bits per heavy atom. The molecule has 2 aromatic rings. The number of ether oxygens (including phenoxy) is 3. The molecule has 0 aromatic heterocycles. The van der Waals surface area contributed by atoms with E-state index in [1.165, 1.54) is 51.8 Å². The van der Waals surface area contributed by atoms with Gasteiger partial charge in [0.2, 0.25) is 5.75 Å². The monoisotopic (exact) mass is 358 g/mol. The summed E-state index contributed by atoms with van der Waals surface area (Å²) < 4.78 is 15.6. The van der Waals surface area contributed by atoms with E-state index < -0.39 is 11.9 Å². The number of aromatic carboxylic acids is 1. The Labute approximate surface area is 150 Å². The van der Waals surface area contributed by atoms with Gasteiger partial charge in [-0.2, -0.15) is 5.10 Å². The first-order valence-electron chi connectivity index (χ1n) is 7.47. The fourth-order valence-corrected chi connectivity index (χ4v) is 2.15. The summed E-state index contributed by atoms with van der Waals surface area (Å²) in [7, 11) is 4.38. The van der Waals surface area contributed by atoms with Gasteiger partial charge in [0.1, 0.15) is 0 Å². The quantitative estimate of drug-likeness (QED) is 0.580. The average molecular weight is 358 g/mol. The molecule has 0 atom stereocenters. The Balaban J connectivity index is 2.13. The van der Waals surface area contributed by atoms with Crippen molar-refractivity contribution in [2.75, 3.05) is 21.3 Å². The Hall–Kier alpha value is -3.55. The van der Waals surface area contributed by atoms with Crippen LogP contribution < -0.4 is 19.6 Å². The van der Waals surface area contributed by atoms with Gasteiger partial charge in [-0.1, -0.05) is 12.1 Å². The van der Waals surface area contributed by atoms with E-state index in [4.69, 9.17) is 19.3 Å². The summed E-state index contributed by atoms with van der Waals surface area (Å²) in [4.78, 5) is 23.1. The minimum absolute atomic E-state index is 0.170. The van der Waals surface area contributed by atoms with E-state index in [1.54, 1.807) is 12.1 Å². The lowest BCUT2D eigenvalue weighted by molar-refractivity contribution is 0.0696. The number of hydrogen-bond acceptors (Lipinski definition) is 6. The number of carboxylic acids is 1. The maximum atomic E-state index is 12.3. The Morgan fingerprint density at radius 2 is 1.54 bits per heavy atom. The number of amides is 1. The zero-order valence-electron chi connectivity index (χ0n) is 14.5. The Morgan fingerprint density at radius 3 is 2.00 bits per heavy atom. The van der Waals surface area contributed by atoms with Gasteiger partial charge in [-0.25, -0.2) is 10.2 Å². The summed E-state index contributed by atoms with van der Waals surface area (Å²) in [5, 5.41) is 12.7. The van der Waals surface area contributed by atoms with Crippen LogP contribution in [0.25, 0.3) is 0 Å². The highest BCUT2D eigenvalue weighted by atomic mass is 16.5. The predicted octanol–water partition coefficient (Wildman–Crippen LogP) is 2.17. The van der Waals surface area contributed by atoms with E-state index in [1.807, 2.05) is 0 Å². The molecule has 0 bridgehead atoms. The molecule has 0 aliphatic heterocycles. The Kier molecular flexibility index (Phi) is 6.15. The van der Waals surface area contributed by atoms with E-state index >= 15 is 0 Å². The maximum absolute atomic E-state index is 12.3. The fraction of sp³-hybridized carbons (Fsp3) is 0.167. The van der Waals surface area contributed by atoms with Crippen molar-refractivity contribution in [1.29, 1.82) is 0 Å². The van der Waals surface area contributed by atoms with Gasteiger partial charge >= 0.3 is 5.97 Å². The number of hydrogen-bond donors (Lipinski definition) is 2. The average Bonchev–Trinajstić information content (AvgIpc) is 2.66. The van der Waals surface area contributed by atoms with Crippen LogP contribution in [0, 0.1) is 0 Å². The van der Waals surface area contributed by atoms with Crippen LogP contribution >= 0.6 is 0 Å². The predicted molar refractivity (Wildman–Crippen MR) is 94.6 cm³/mol. The van der Waals surface area contributed by atoms with E-state index in [0.717, 1.165) is 0 Å². The molecule has 8 heteroatoms. The summed E-state index contributed by atoms with van der Waals surface area (Å²) in [6.45, 7) is 0. The zero-order chi connectivity index (χ0) is 19.1. The van der Waals surface area contributed by atoms with Gasteiger partial charge in [0.05, 0.1) is 33.1 Å². The van der Waals surface area contributed by atoms with Crippen molar-refractivity contribution in [2.45, 2.75) is 0 Å². The first-order chi connectivity index (χ1) is 12.5. The van der Waals surface area contributed by atoms with Crippen LogP contribution in [0.3, 0.4) is 0 Å². The molecule has 136 valence electrons. The van der Waals surface area contributed by atoms with Gasteiger partial charge in [-0.3, -0.25) is 4.79 Å². The lowest BCUT2D eigenvalue weighted by Crippen LogP contribution is -2.18. The third kappa shape index (κ3) is 4.29. The highest BCUT2D eigenvalue weighted by Crippen LogP contribution is 2.38. The lowest BCUT2D eigenvalue weighted by atomic mass is 10.1. The number of rotatable bonds is 7. The number of hydrazone groups is 1. The molecular formula is C18H18N2O6. The van der Waals surface area contributed by atoms with E-state index in [9.17, 15) is 9.59 Å². The highest BCUT2D eigenvalue weighted by molar-refractivity contribution is 5.96. The molecule has 0 unspecified atom stereocenters. The molecule has 0 aliphatic carbocycles. The number of nitrogens with zero attached hydrogens (tertiary/aromatic N) is 1. The summed E-state index contributed by atoms with van der Waals surface area (Å²) in [5.41, 5.74) is 3.47. The fourth-order valence-electron chi connectivity index (χ4n) is 2.15. The maximum Gasteiger partial charge on any atom is 0.335 e. The van der Waals surface area contributed by atoms with Crippen molar-refractivity contribution in [3.8, 4) is 17.2 Å². The molecule has 2 N–H and O–H groups in total. The summed E-state index contributed by atoms with van der Waals surface area (Å²) >= 11 is 0. The molecule has 2 aromatic carbocycles. The number of carbonyl (C=O) groups excluding carboxylic acids is 1. The van der Waals surface area contributed by atoms with Crippen molar-refractivity contribution in [3.63, 3.8) is 0 Å². The zero-order valence-corrected chi connectivity index (χ0v) is 14.5. The summed E-state index contributed by atoms with van der Waals surface area (Å²) in [5.74, 6) is -0.393. The molecule has 0 saturated carbocycles. The molecule has 26 heavy (non-hydrogen) atoms. The molecule has 0 heterocycles. The molecule has 0 fully saturated rings. The van der Waals surface area contributed by atoms with Crippen LogP contribution in [0.5, 0.6) is 17.2 Å². The van der Waals surface area contributed by atoms with Crippen molar-refractivity contribution in [1.82, 2.24) is 5.43 Å². The van der Waals surface area contributed by atoms with Gasteiger partial charge in [0.25, 0.3) is 5.91 Å². The van der Waals surface area contributed by atoms with Crippen LogP contribution in [-0.2, 0) is 0 Å². The van der Waals surface area contributed by atoms with Crippen LogP contribution in [0.2, 0.25) is 0 Å². The molecule has 0 saturated heterocycles. The van der Waals surface area contributed by atoms with Gasteiger partial charge in [0, 0.05) is 5.56 Å². The van der Waals surface area contributed by atoms with E-state index in [2.05, 4.69) is 10.5 Å². The number of methoxy groups -OCH3 is 3. The van der Waals surface area contributed by atoms with Gasteiger partial charge in [0.15, 0.2) is 11.5 Å². The molecule has 2 rings (SSSR count). The smallest absolute Gasteiger partial charge is 0.335 e. The van der Waals surface area contributed by atoms with E-state index in [0.29, 0.717) is 22.8 Å². The van der Waals surface area contributed by atoms with Crippen molar-refractivity contribution in [3.05, 3.63) is 53.1 Å². The van der Waals surface area contributed by atoms with Gasteiger partial charge < -0.3 is 19.3 Å². The number of carboxylic acid groups (broad SMARTS) is 1. The van der Waals surface area contributed by atoms with Crippen LogP contribution in [0.4, 0.5) is 0 Å². The Bertz CT molecular complexity index is 805. The van der Waals surface area contributed by atoms with Gasteiger partial charge in [-0.05, 0) is 29.8 Å². The van der Waals surface area contributed by atoms with Crippen LogP contribution in [-0.4, -0.2) is 44.5 Å². The molecule has 0 aliphatic rings. The lowest BCUT2D eigenvalue weighted by Gasteiger charge is -2.13. The van der Waals surface area contributed by atoms with E-state index in [-0.39, 0.29) is 11.1 Å². The molecular weight excluding hydrogens is 340 g/mol. The second-order valence-corrected chi connectivity index (χ2v) is 5.04.